The van der Waals surface area contributed by atoms with Gasteiger partial charge in [-0.2, -0.15) is 44.3 Å². The molecule has 0 spiro atoms. The van der Waals surface area contributed by atoms with Gasteiger partial charge >= 0.3 is 18.5 Å². The van der Waals surface area contributed by atoms with Crippen molar-refractivity contribution in [3.05, 3.63) is 59.2 Å². The van der Waals surface area contributed by atoms with E-state index in [2.05, 4.69) is 15.4 Å². The minimum absolute atomic E-state index is 0.111. The lowest BCUT2D eigenvalue weighted by atomic mass is 10.0. The Hall–Kier alpha value is -3.74. The third-order valence-electron chi connectivity index (χ3n) is 4.78. The second-order valence-electron chi connectivity index (χ2n) is 7.52. The van der Waals surface area contributed by atoms with Crippen LogP contribution < -0.4 is 10.3 Å². The highest BCUT2D eigenvalue weighted by molar-refractivity contribution is 7.89. The standard InChI is InChI=1S/C19H13F9N6O3S/c1-9(16(35)30-33-38(36,37)14-4-2-3-11(8-14)17(20,21)22)34-31-15(29-32-34)10-5-12(18(23,24)25)7-13(6-10)19(26,27)28/h2-9,33H,1H3,(H,30,35)/t9-/m1/s1. The Morgan fingerprint density at radius 3 is 1.95 bits per heavy atom. The molecule has 0 aliphatic rings. The van der Waals surface area contributed by atoms with E-state index in [1.165, 1.54) is 0 Å². The van der Waals surface area contributed by atoms with Gasteiger partial charge in [-0.25, -0.2) is 8.42 Å². The summed E-state index contributed by atoms with van der Waals surface area (Å²) >= 11 is 0. The third-order valence-corrected chi connectivity index (χ3v) is 6.03. The van der Waals surface area contributed by atoms with Gasteiger partial charge in [-0.1, -0.05) is 6.07 Å². The number of carbonyl (C=O) groups is 1. The molecule has 0 aliphatic carbocycles. The van der Waals surface area contributed by atoms with Crippen molar-refractivity contribution in [2.75, 3.05) is 0 Å². The Kier molecular flexibility index (Phi) is 7.48. The second-order valence-corrected chi connectivity index (χ2v) is 9.21. The van der Waals surface area contributed by atoms with Gasteiger partial charge in [0.25, 0.3) is 15.9 Å². The molecule has 0 saturated heterocycles. The van der Waals surface area contributed by atoms with Gasteiger partial charge in [0.15, 0.2) is 6.04 Å². The first-order chi connectivity index (χ1) is 17.3. The highest BCUT2D eigenvalue weighted by Gasteiger charge is 2.37. The quantitative estimate of drug-likeness (QED) is 0.339. The van der Waals surface area contributed by atoms with Crippen LogP contribution in [0.15, 0.2) is 47.4 Å². The molecule has 206 valence electrons. The van der Waals surface area contributed by atoms with Gasteiger partial charge in [0, 0.05) is 5.56 Å². The zero-order chi connectivity index (χ0) is 28.7. The smallest absolute Gasteiger partial charge is 0.276 e. The number of hydrogen-bond acceptors (Lipinski definition) is 6. The molecular weight excluding hydrogens is 563 g/mol. The predicted octanol–water partition coefficient (Wildman–Crippen LogP) is 3.97. The summed E-state index contributed by atoms with van der Waals surface area (Å²) in [5, 5.41) is 10.3. The van der Waals surface area contributed by atoms with E-state index >= 15 is 0 Å². The van der Waals surface area contributed by atoms with E-state index in [0.29, 0.717) is 29.1 Å². The molecule has 1 heterocycles. The van der Waals surface area contributed by atoms with E-state index < -0.39 is 73.5 Å². The van der Waals surface area contributed by atoms with Crippen molar-refractivity contribution in [3.63, 3.8) is 0 Å². The summed E-state index contributed by atoms with van der Waals surface area (Å²) in [5.41, 5.74) is -3.59. The Morgan fingerprint density at radius 1 is 0.868 bits per heavy atom. The van der Waals surface area contributed by atoms with Crippen LogP contribution in [0, 0.1) is 0 Å². The van der Waals surface area contributed by atoms with Crippen molar-refractivity contribution < 1.29 is 52.7 Å². The Labute approximate surface area is 206 Å². The summed E-state index contributed by atoms with van der Waals surface area (Å²) in [6, 6.07) is 1.61. The lowest BCUT2D eigenvalue weighted by Gasteiger charge is -2.13. The molecule has 2 aromatic carbocycles. The molecular formula is C19H13F9N6O3S. The van der Waals surface area contributed by atoms with Crippen molar-refractivity contribution in [1.82, 2.24) is 30.5 Å². The largest absolute Gasteiger partial charge is 0.416 e. The molecule has 0 radical (unpaired) electrons. The SMILES string of the molecule is C[C@H](C(=O)NNS(=O)(=O)c1cccc(C(F)(F)F)c1)n1nnc(-c2cc(C(F)(F)F)cc(C(F)(F)F)c2)n1. The van der Waals surface area contributed by atoms with Crippen LogP contribution in [0.1, 0.15) is 29.7 Å². The molecule has 38 heavy (non-hydrogen) atoms. The van der Waals surface area contributed by atoms with Gasteiger partial charge in [0.1, 0.15) is 0 Å². The van der Waals surface area contributed by atoms with Crippen LogP contribution >= 0.6 is 0 Å². The number of aromatic nitrogens is 4. The van der Waals surface area contributed by atoms with E-state index in [9.17, 15) is 52.7 Å². The first-order valence-electron chi connectivity index (χ1n) is 9.87. The first-order valence-corrected chi connectivity index (χ1v) is 11.4. The number of hydrogen-bond donors (Lipinski definition) is 2. The minimum Gasteiger partial charge on any atom is -0.276 e. The maximum absolute atomic E-state index is 13.1. The van der Waals surface area contributed by atoms with Crippen LogP contribution in [0.2, 0.25) is 0 Å². The highest BCUT2D eigenvalue weighted by Crippen LogP contribution is 2.38. The second kappa shape index (κ2) is 9.86. The van der Waals surface area contributed by atoms with E-state index in [-0.39, 0.29) is 6.07 Å². The number of benzene rings is 2. The lowest BCUT2D eigenvalue weighted by Crippen LogP contribution is -2.44. The summed E-state index contributed by atoms with van der Waals surface area (Å²) in [5.74, 6) is -1.92. The van der Waals surface area contributed by atoms with Crippen LogP contribution in [0.3, 0.4) is 0 Å². The number of rotatable bonds is 6. The number of amides is 1. The van der Waals surface area contributed by atoms with Gasteiger partial charge in [0.05, 0.1) is 21.6 Å². The van der Waals surface area contributed by atoms with E-state index in [1.54, 1.807) is 10.3 Å². The third kappa shape index (κ3) is 6.57. The number of halogens is 9. The van der Waals surface area contributed by atoms with Gasteiger partial charge < -0.3 is 0 Å². The van der Waals surface area contributed by atoms with Crippen molar-refractivity contribution in [2.24, 2.45) is 0 Å². The fourth-order valence-electron chi connectivity index (χ4n) is 2.81. The summed E-state index contributed by atoms with van der Waals surface area (Å²) < 4.78 is 142. The van der Waals surface area contributed by atoms with Gasteiger partial charge in [-0.05, 0) is 48.5 Å². The molecule has 9 nitrogen and oxygen atoms in total. The molecule has 1 amide bonds. The topological polar surface area (TPSA) is 119 Å². The Morgan fingerprint density at radius 2 is 1.42 bits per heavy atom. The van der Waals surface area contributed by atoms with Gasteiger partial charge in [-0.15, -0.1) is 15.0 Å². The van der Waals surface area contributed by atoms with Gasteiger partial charge in [0.2, 0.25) is 5.82 Å². The van der Waals surface area contributed by atoms with Crippen LogP contribution in [-0.4, -0.2) is 34.5 Å². The average Bonchev–Trinajstić information content (AvgIpc) is 3.30. The van der Waals surface area contributed by atoms with Crippen LogP contribution in [0.25, 0.3) is 11.4 Å². The highest BCUT2D eigenvalue weighted by atomic mass is 32.2. The Bertz CT molecular complexity index is 1420. The zero-order valence-corrected chi connectivity index (χ0v) is 19.3. The number of nitrogens with one attached hydrogen (secondary N) is 2. The number of carbonyl (C=O) groups excluding carboxylic acids is 1. The van der Waals surface area contributed by atoms with Crippen molar-refractivity contribution >= 4 is 15.9 Å². The van der Waals surface area contributed by atoms with Crippen LogP contribution in [0.5, 0.6) is 0 Å². The molecule has 0 unspecified atom stereocenters. The van der Waals surface area contributed by atoms with Gasteiger partial charge in [-0.3, -0.25) is 10.2 Å². The maximum atomic E-state index is 13.1. The molecule has 0 bridgehead atoms. The molecule has 19 heteroatoms. The normalized spacial score (nSPS) is 13.8. The summed E-state index contributed by atoms with van der Waals surface area (Å²) in [6.07, 6.45) is -15.1. The van der Waals surface area contributed by atoms with E-state index in [4.69, 9.17) is 0 Å². The predicted molar refractivity (Wildman–Crippen MR) is 108 cm³/mol. The molecule has 1 atom stereocenters. The Balaban J connectivity index is 1.80. The van der Waals surface area contributed by atoms with Crippen molar-refractivity contribution in [3.8, 4) is 11.4 Å². The zero-order valence-electron chi connectivity index (χ0n) is 18.4. The number of hydrazine groups is 1. The number of sulfonamides is 1. The fourth-order valence-corrected chi connectivity index (χ4v) is 3.71. The molecule has 1 aromatic heterocycles. The fraction of sp³-hybridized carbons (Fsp3) is 0.263. The molecule has 0 saturated carbocycles. The number of tetrazole rings is 1. The van der Waals surface area contributed by atoms with Crippen LogP contribution in [-0.2, 0) is 33.3 Å². The van der Waals surface area contributed by atoms with E-state index in [1.807, 2.05) is 0 Å². The molecule has 0 aliphatic heterocycles. The number of nitrogens with zero attached hydrogens (tertiary/aromatic N) is 4. The maximum Gasteiger partial charge on any atom is 0.416 e. The van der Waals surface area contributed by atoms with E-state index in [0.717, 1.165) is 19.1 Å². The molecule has 2 N–H and O–H groups in total. The summed E-state index contributed by atoms with van der Waals surface area (Å²) in [6.45, 7) is 1.06. The van der Waals surface area contributed by atoms with Crippen LogP contribution in [0.4, 0.5) is 39.5 Å². The minimum atomic E-state index is -5.14. The average molecular weight is 576 g/mol. The molecule has 0 fully saturated rings. The summed E-state index contributed by atoms with van der Waals surface area (Å²) in [4.78, 5) is 13.5. The first kappa shape index (κ1) is 28.8. The molecule has 3 rings (SSSR count). The number of alkyl halides is 9. The lowest BCUT2D eigenvalue weighted by molar-refractivity contribution is -0.143. The van der Waals surface area contributed by atoms with Crippen molar-refractivity contribution in [1.29, 1.82) is 0 Å². The summed E-state index contributed by atoms with van der Waals surface area (Å²) in [7, 11) is -4.69. The monoisotopic (exact) mass is 576 g/mol. The van der Waals surface area contributed by atoms with Crippen molar-refractivity contribution in [2.45, 2.75) is 36.4 Å². The molecule has 3 aromatic rings.